The fourth-order valence-electron chi connectivity index (χ4n) is 3.18. The average Bonchev–Trinajstić information content (AvgIpc) is 2.61. The molecular formula is C16H24ClNO. The molecule has 1 saturated carbocycles. The zero-order valence-electron chi connectivity index (χ0n) is 11.9. The first kappa shape index (κ1) is 14.7. The van der Waals surface area contributed by atoms with E-state index >= 15 is 0 Å². The molecule has 2 nitrogen and oxygen atoms in total. The first-order valence-corrected chi connectivity index (χ1v) is 7.59. The molecule has 1 aliphatic rings. The van der Waals surface area contributed by atoms with Gasteiger partial charge in [0.25, 0.3) is 0 Å². The third kappa shape index (κ3) is 3.24. The van der Waals surface area contributed by atoms with Crippen LogP contribution in [0, 0.1) is 5.92 Å². The normalized spacial score (nSPS) is 27.9. The summed E-state index contributed by atoms with van der Waals surface area (Å²) in [6.45, 7) is 2.27. The molecule has 19 heavy (non-hydrogen) atoms. The fourth-order valence-corrected chi connectivity index (χ4v) is 3.36. The quantitative estimate of drug-likeness (QED) is 0.829. The zero-order chi connectivity index (χ0) is 13.9. The summed E-state index contributed by atoms with van der Waals surface area (Å²) in [7, 11) is 1.70. The van der Waals surface area contributed by atoms with E-state index in [1.54, 1.807) is 7.11 Å². The van der Waals surface area contributed by atoms with Gasteiger partial charge in [-0.15, -0.1) is 0 Å². The summed E-state index contributed by atoms with van der Waals surface area (Å²) < 4.78 is 5.47. The van der Waals surface area contributed by atoms with Crippen LogP contribution in [0.15, 0.2) is 18.2 Å². The van der Waals surface area contributed by atoms with Crippen LogP contribution in [0.4, 0.5) is 0 Å². The Hall–Kier alpha value is -0.730. The van der Waals surface area contributed by atoms with Crippen molar-refractivity contribution in [2.75, 3.05) is 7.11 Å². The first-order valence-electron chi connectivity index (χ1n) is 7.22. The van der Waals surface area contributed by atoms with Crippen LogP contribution in [0.2, 0.25) is 5.02 Å². The second kappa shape index (κ2) is 6.15. The van der Waals surface area contributed by atoms with E-state index in [4.69, 9.17) is 22.1 Å². The molecule has 1 aromatic rings. The monoisotopic (exact) mass is 281 g/mol. The highest BCUT2D eigenvalue weighted by Gasteiger charge is 2.33. The Morgan fingerprint density at radius 2 is 2.16 bits per heavy atom. The van der Waals surface area contributed by atoms with Crippen molar-refractivity contribution in [1.29, 1.82) is 0 Å². The fraction of sp³-hybridized carbons (Fsp3) is 0.625. The highest BCUT2D eigenvalue weighted by molar-refractivity contribution is 6.30. The van der Waals surface area contributed by atoms with E-state index in [0.717, 1.165) is 35.1 Å². The van der Waals surface area contributed by atoms with Crippen LogP contribution in [-0.4, -0.2) is 7.11 Å². The molecule has 2 rings (SSSR count). The maximum atomic E-state index is 6.70. The second-order valence-corrected chi connectivity index (χ2v) is 6.14. The van der Waals surface area contributed by atoms with Gasteiger partial charge in [0.15, 0.2) is 0 Å². The Balaban J connectivity index is 2.30. The van der Waals surface area contributed by atoms with Crippen LogP contribution >= 0.6 is 11.6 Å². The minimum Gasteiger partial charge on any atom is -0.496 e. The van der Waals surface area contributed by atoms with Crippen molar-refractivity contribution in [2.45, 2.75) is 51.0 Å². The largest absolute Gasteiger partial charge is 0.496 e. The van der Waals surface area contributed by atoms with Gasteiger partial charge in [0.05, 0.1) is 7.11 Å². The van der Waals surface area contributed by atoms with Gasteiger partial charge in [-0.25, -0.2) is 0 Å². The molecule has 0 spiro atoms. The van der Waals surface area contributed by atoms with Crippen molar-refractivity contribution in [2.24, 2.45) is 11.7 Å². The molecule has 1 aromatic carbocycles. The lowest BCUT2D eigenvalue weighted by atomic mass is 9.83. The van der Waals surface area contributed by atoms with Crippen molar-refractivity contribution in [1.82, 2.24) is 0 Å². The highest BCUT2D eigenvalue weighted by Crippen LogP contribution is 2.41. The molecule has 3 heteroatoms. The Labute approximate surface area is 121 Å². The molecule has 0 radical (unpaired) electrons. The van der Waals surface area contributed by atoms with Gasteiger partial charge >= 0.3 is 0 Å². The van der Waals surface area contributed by atoms with Gasteiger partial charge in [0.2, 0.25) is 0 Å². The number of rotatable bonds is 3. The van der Waals surface area contributed by atoms with E-state index in [2.05, 4.69) is 6.92 Å². The summed E-state index contributed by atoms with van der Waals surface area (Å²) in [6, 6.07) is 5.76. The first-order chi connectivity index (χ1) is 9.09. The number of halogens is 1. The van der Waals surface area contributed by atoms with E-state index in [1.807, 2.05) is 18.2 Å². The summed E-state index contributed by atoms with van der Waals surface area (Å²) in [4.78, 5) is 0. The van der Waals surface area contributed by atoms with Gasteiger partial charge < -0.3 is 10.5 Å². The summed E-state index contributed by atoms with van der Waals surface area (Å²) in [5, 5.41) is 0.733. The Bertz CT molecular complexity index is 435. The van der Waals surface area contributed by atoms with Crippen LogP contribution in [0.25, 0.3) is 0 Å². The molecule has 2 atom stereocenters. The lowest BCUT2D eigenvalue weighted by Crippen LogP contribution is -2.36. The summed E-state index contributed by atoms with van der Waals surface area (Å²) in [6.07, 6.45) is 6.96. The van der Waals surface area contributed by atoms with Gasteiger partial charge in [0, 0.05) is 16.1 Å². The van der Waals surface area contributed by atoms with E-state index in [0.29, 0.717) is 0 Å². The standard InChI is InChI=1S/C16H24ClNO/c1-3-12-5-4-9-16(18,10-8-12)14-11-13(17)6-7-15(14)19-2/h6-7,11-12H,3-5,8-10,18H2,1-2H3. The maximum Gasteiger partial charge on any atom is 0.124 e. The Kier molecular flexibility index (Phi) is 4.75. The molecule has 0 saturated heterocycles. The third-order valence-electron chi connectivity index (χ3n) is 4.51. The van der Waals surface area contributed by atoms with Crippen LogP contribution < -0.4 is 10.5 Å². The molecule has 1 fully saturated rings. The number of hydrogen-bond acceptors (Lipinski definition) is 2. The molecule has 0 amide bonds. The zero-order valence-corrected chi connectivity index (χ0v) is 12.7. The average molecular weight is 282 g/mol. The third-order valence-corrected chi connectivity index (χ3v) is 4.74. The van der Waals surface area contributed by atoms with Crippen LogP contribution in [0.3, 0.4) is 0 Å². The van der Waals surface area contributed by atoms with E-state index < -0.39 is 0 Å². The smallest absolute Gasteiger partial charge is 0.124 e. The number of nitrogens with two attached hydrogens (primary N) is 1. The Morgan fingerprint density at radius 3 is 2.84 bits per heavy atom. The van der Waals surface area contributed by atoms with E-state index in [-0.39, 0.29) is 5.54 Å². The van der Waals surface area contributed by atoms with E-state index in [1.165, 1.54) is 25.7 Å². The molecule has 0 heterocycles. The lowest BCUT2D eigenvalue weighted by molar-refractivity contribution is 0.342. The molecular weight excluding hydrogens is 258 g/mol. The molecule has 106 valence electrons. The number of methoxy groups -OCH3 is 1. The van der Waals surface area contributed by atoms with Gasteiger partial charge in [-0.1, -0.05) is 37.8 Å². The predicted molar refractivity (Wildman–Crippen MR) is 80.7 cm³/mol. The molecule has 0 bridgehead atoms. The van der Waals surface area contributed by atoms with Crippen LogP contribution in [0.1, 0.15) is 51.0 Å². The summed E-state index contributed by atoms with van der Waals surface area (Å²) in [5.41, 5.74) is 7.48. The highest BCUT2D eigenvalue weighted by atomic mass is 35.5. The van der Waals surface area contributed by atoms with Gasteiger partial charge in [-0.2, -0.15) is 0 Å². The summed E-state index contributed by atoms with van der Waals surface area (Å²) >= 11 is 6.14. The molecule has 2 N–H and O–H groups in total. The topological polar surface area (TPSA) is 35.2 Å². The lowest BCUT2D eigenvalue weighted by Gasteiger charge is -2.30. The maximum absolute atomic E-state index is 6.70. The van der Waals surface area contributed by atoms with Crippen molar-refractivity contribution >= 4 is 11.6 Å². The molecule has 0 aromatic heterocycles. The van der Waals surface area contributed by atoms with Gasteiger partial charge in [-0.3, -0.25) is 0 Å². The van der Waals surface area contributed by atoms with Gasteiger partial charge in [-0.05, 0) is 43.4 Å². The number of benzene rings is 1. The van der Waals surface area contributed by atoms with Crippen LogP contribution in [0.5, 0.6) is 5.75 Å². The molecule has 0 aliphatic heterocycles. The minimum atomic E-state index is -0.292. The number of ether oxygens (including phenoxy) is 1. The van der Waals surface area contributed by atoms with Crippen molar-refractivity contribution in [3.8, 4) is 5.75 Å². The molecule has 2 unspecified atom stereocenters. The Morgan fingerprint density at radius 1 is 1.37 bits per heavy atom. The summed E-state index contributed by atoms with van der Waals surface area (Å²) in [5.74, 6) is 1.68. The van der Waals surface area contributed by atoms with Crippen molar-refractivity contribution in [3.63, 3.8) is 0 Å². The van der Waals surface area contributed by atoms with Crippen LogP contribution in [-0.2, 0) is 5.54 Å². The van der Waals surface area contributed by atoms with Crippen molar-refractivity contribution < 1.29 is 4.74 Å². The van der Waals surface area contributed by atoms with E-state index in [9.17, 15) is 0 Å². The minimum absolute atomic E-state index is 0.292. The SMILES string of the molecule is CCC1CCCC(N)(c2cc(Cl)ccc2OC)CC1. The van der Waals surface area contributed by atoms with Crippen molar-refractivity contribution in [3.05, 3.63) is 28.8 Å². The molecule has 1 aliphatic carbocycles. The predicted octanol–water partition coefficient (Wildman–Crippen LogP) is 4.49. The number of hydrogen-bond donors (Lipinski definition) is 1. The second-order valence-electron chi connectivity index (χ2n) is 5.71. The van der Waals surface area contributed by atoms with Gasteiger partial charge in [0.1, 0.15) is 5.75 Å².